The van der Waals surface area contributed by atoms with E-state index in [9.17, 15) is 9.18 Å². The molecule has 0 aliphatic carbocycles. The number of nitrogens with zero attached hydrogens (tertiary/aromatic N) is 2. The first-order valence-electron chi connectivity index (χ1n) is 8.05. The molecule has 2 aromatic carbocycles. The van der Waals surface area contributed by atoms with Crippen molar-refractivity contribution in [1.82, 2.24) is 15.5 Å². The van der Waals surface area contributed by atoms with E-state index in [2.05, 4.69) is 15.5 Å². The molecule has 5 nitrogen and oxygen atoms in total. The molecule has 0 fully saturated rings. The molecule has 1 amide bonds. The van der Waals surface area contributed by atoms with Crippen LogP contribution in [0.4, 0.5) is 4.39 Å². The number of aromatic nitrogens is 2. The van der Waals surface area contributed by atoms with Gasteiger partial charge in [0.15, 0.2) is 0 Å². The Morgan fingerprint density at radius 1 is 1.12 bits per heavy atom. The Morgan fingerprint density at radius 2 is 1.84 bits per heavy atom. The van der Waals surface area contributed by atoms with Crippen LogP contribution >= 0.6 is 0 Å². The zero-order valence-corrected chi connectivity index (χ0v) is 13.8. The summed E-state index contributed by atoms with van der Waals surface area (Å²) in [5.41, 5.74) is 1.29. The van der Waals surface area contributed by atoms with Crippen LogP contribution in [0.2, 0.25) is 0 Å². The summed E-state index contributed by atoms with van der Waals surface area (Å²) in [6.07, 6.45) is 0.519. The van der Waals surface area contributed by atoms with Crippen molar-refractivity contribution in [3.05, 3.63) is 71.9 Å². The van der Waals surface area contributed by atoms with Crippen LogP contribution in [0.15, 0.2) is 59.0 Å². The van der Waals surface area contributed by atoms with Gasteiger partial charge in [-0.3, -0.25) is 4.79 Å². The average molecular weight is 339 g/mol. The number of rotatable bonds is 6. The van der Waals surface area contributed by atoms with Gasteiger partial charge < -0.3 is 9.73 Å². The third-order valence-corrected chi connectivity index (χ3v) is 3.80. The number of benzene rings is 2. The van der Waals surface area contributed by atoms with Crippen molar-refractivity contribution < 1.29 is 13.6 Å². The molecule has 0 saturated heterocycles. The first kappa shape index (κ1) is 16.8. The van der Waals surface area contributed by atoms with Gasteiger partial charge >= 0.3 is 0 Å². The van der Waals surface area contributed by atoms with Crippen molar-refractivity contribution in [1.29, 1.82) is 0 Å². The van der Waals surface area contributed by atoms with Crippen LogP contribution in [0.5, 0.6) is 0 Å². The predicted octanol–water partition coefficient (Wildman–Crippen LogP) is 3.69. The minimum atomic E-state index is -0.406. The Balaban J connectivity index is 1.54. The Bertz CT molecular complexity index is 849. The van der Waals surface area contributed by atoms with Crippen molar-refractivity contribution in [2.45, 2.75) is 25.8 Å². The van der Waals surface area contributed by atoms with Crippen LogP contribution in [-0.2, 0) is 11.2 Å². The summed E-state index contributed by atoms with van der Waals surface area (Å²) < 4.78 is 19.3. The molecule has 1 N–H and O–H groups in total. The van der Waals surface area contributed by atoms with Gasteiger partial charge in [-0.15, -0.1) is 10.2 Å². The molecule has 1 aromatic heterocycles. The molecule has 0 bridgehead atoms. The summed E-state index contributed by atoms with van der Waals surface area (Å²) in [4.78, 5) is 12.1. The number of nitrogens with one attached hydrogen (secondary N) is 1. The molecule has 128 valence electrons. The second kappa shape index (κ2) is 7.70. The van der Waals surface area contributed by atoms with E-state index >= 15 is 0 Å². The minimum absolute atomic E-state index is 0.190. The molecule has 0 saturated carbocycles. The minimum Gasteiger partial charge on any atom is -0.421 e. The molecule has 1 atom stereocenters. The van der Waals surface area contributed by atoms with Gasteiger partial charge in [-0.05, 0) is 25.1 Å². The van der Waals surface area contributed by atoms with Gasteiger partial charge in [0.2, 0.25) is 17.7 Å². The highest BCUT2D eigenvalue weighted by Crippen LogP contribution is 2.18. The molecule has 0 radical (unpaired) electrons. The van der Waals surface area contributed by atoms with Crippen LogP contribution in [0.25, 0.3) is 11.5 Å². The second-order valence-corrected chi connectivity index (χ2v) is 5.68. The lowest BCUT2D eigenvalue weighted by molar-refractivity contribution is -0.121. The number of halogens is 1. The van der Waals surface area contributed by atoms with Crippen LogP contribution < -0.4 is 5.32 Å². The summed E-state index contributed by atoms with van der Waals surface area (Å²) in [7, 11) is 0. The maximum atomic E-state index is 13.7. The number of amides is 1. The molecule has 0 spiro atoms. The van der Waals surface area contributed by atoms with Gasteiger partial charge in [0, 0.05) is 24.0 Å². The zero-order valence-electron chi connectivity index (χ0n) is 13.8. The normalized spacial score (nSPS) is 11.9. The second-order valence-electron chi connectivity index (χ2n) is 5.68. The van der Waals surface area contributed by atoms with E-state index in [1.807, 2.05) is 30.3 Å². The molecule has 1 heterocycles. The van der Waals surface area contributed by atoms with E-state index in [1.54, 1.807) is 25.1 Å². The van der Waals surface area contributed by atoms with Crippen molar-refractivity contribution >= 4 is 5.91 Å². The Kier molecular flexibility index (Phi) is 5.18. The van der Waals surface area contributed by atoms with Gasteiger partial charge in [-0.1, -0.05) is 36.4 Å². The van der Waals surface area contributed by atoms with Crippen molar-refractivity contribution in [2.75, 3.05) is 0 Å². The smallest absolute Gasteiger partial charge is 0.247 e. The van der Waals surface area contributed by atoms with E-state index in [0.29, 0.717) is 23.8 Å². The lowest BCUT2D eigenvalue weighted by Crippen LogP contribution is -2.27. The summed E-state index contributed by atoms with van der Waals surface area (Å²) >= 11 is 0. The number of carbonyl (C=O) groups excluding carboxylic acids is 1. The summed E-state index contributed by atoms with van der Waals surface area (Å²) in [6, 6.07) is 15.4. The van der Waals surface area contributed by atoms with Gasteiger partial charge in [-0.2, -0.15) is 0 Å². The zero-order chi connectivity index (χ0) is 17.6. The van der Waals surface area contributed by atoms with Crippen molar-refractivity contribution in [3.63, 3.8) is 0 Å². The molecule has 6 heteroatoms. The van der Waals surface area contributed by atoms with Gasteiger partial charge in [-0.25, -0.2) is 4.39 Å². The van der Waals surface area contributed by atoms with E-state index in [0.717, 1.165) is 5.56 Å². The molecule has 3 aromatic rings. The number of carbonyl (C=O) groups is 1. The highest BCUT2D eigenvalue weighted by molar-refractivity contribution is 5.76. The standard InChI is InChI=1S/C19H18FN3O2/c1-13(15-9-5-6-10-16(15)20)21-17(24)11-12-18-22-23-19(25-18)14-7-3-2-4-8-14/h2-10,13H,11-12H2,1H3,(H,21,24). The SMILES string of the molecule is CC(NC(=O)CCc1nnc(-c2ccccc2)o1)c1ccccc1F. The fraction of sp³-hybridized carbons (Fsp3) is 0.211. The first-order valence-corrected chi connectivity index (χ1v) is 8.05. The summed E-state index contributed by atoms with van der Waals surface area (Å²) in [6.45, 7) is 1.75. The summed E-state index contributed by atoms with van der Waals surface area (Å²) in [5, 5.41) is 10.7. The average Bonchev–Trinajstić information content (AvgIpc) is 3.10. The van der Waals surface area contributed by atoms with Gasteiger partial charge in [0.05, 0.1) is 6.04 Å². The molecule has 25 heavy (non-hydrogen) atoms. The highest BCUT2D eigenvalue weighted by Gasteiger charge is 2.14. The first-order chi connectivity index (χ1) is 12.1. The molecule has 0 aliphatic rings. The van der Waals surface area contributed by atoms with E-state index in [1.165, 1.54) is 6.07 Å². The Hall–Kier alpha value is -3.02. The van der Waals surface area contributed by atoms with Crippen molar-refractivity contribution in [2.24, 2.45) is 0 Å². The lowest BCUT2D eigenvalue weighted by Gasteiger charge is -2.14. The fourth-order valence-corrected chi connectivity index (χ4v) is 2.49. The Morgan fingerprint density at radius 3 is 2.60 bits per heavy atom. The van der Waals surface area contributed by atoms with Gasteiger partial charge in [0.25, 0.3) is 0 Å². The topological polar surface area (TPSA) is 68.0 Å². The Labute approximate surface area is 144 Å². The highest BCUT2D eigenvalue weighted by atomic mass is 19.1. The maximum Gasteiger partial charge on any atom is 0.247 e. The monoisotopic (exact) mass is 339 g/mol. The summed E-state index contributed by atoms with van der Waals surface area (Å²) in [5.74, 6) is 0.290. The van der Waals surface area contributed by atoms with E-state index in [4.69, 9.17) is 4.42 Å². The van der Waals surface area contributed by atoms with Crippen LogP contribution in [0.3, 0.4) is 0 Å². The van der Waals surface area contributed by atoms with Crippen LogP contribution in [-0.4, -0.2) is 16.1 Å². The van der Waals surface area contributed by atoms with Crippen LogP contribution in [0.1, 0.15) is 30.8 Å². The van der Waals surface area contributed by atoms with E-state index in [-0.39, 0.29) is 18.1 Å². The molecular weight excluding hydrogens is 321 g/mol. The molecule has 1 unspecified atom stereocenters. The quantitative estimate of drug-likeness (QED) is 0.744. The predicted molar refractivity (Wildman–Crippen MR) is 91.0 cm³/mol. The largest absolute Gasteiger partial charge is 0.421 e. The maximum absolute atomic E-state index is 13.7. The van der Waals surface area contributed by atoms with Crippen molar-refractivity contribution in [3.8, 4) is 11.5 Å². The van der Waals surface area contributed by atoms with Crippen LogP contribution in [0, 0.1) is 5.82 Å². The third-order valence-electron chi connectivity index (χ3n) is 3.80. The molecule has 0 aliphatic heterocycles. The number of hydrogen-bond donors (Lipinski definition) is 1. The lowest BCUT2D eigenvalue weighted by atomic mass is 10.1. The number of hydrogen-bond acceptors (Lipinski definition) is 4. The molecule has 3 rings (SSSR count). The van der Waals surface area contributed by atoms with E-state index < -0.39 is 6.04 Å². The fourth-order valence-electron chi connectivity index (χ4n) is 2.49. The number of aryl methyl sites for hydroxylation is 1. The molecular formula is C19H18FN3O2. The van der Waals surface area contributed by atoms with Gasteiger partial charge in [0.1, 0.15) is 5.82 Å². The third kappa shape index (κ3) is 4.29.